The molecule has 0 aromatic heterocycles. The number of aromatic hydroxyl groups is 1. The van der Waals surface area contributed by atoms with E-state index in [9.17, 15) is 9.90 Å². The van der Waals surface area contributed by atoms with Crippen molar-refractivity contribution in [1.29, 1.82) is 0 Å². The summed E-state index contributed by atoms with van der Waals surface area (Å²) in [4.78, 5) is 14.0. The van der Waals surface area contributed by atoms with Crippen molar-refractivity contribution in [3.05, 3.63) is 29.3 Å². The maximum Gasteiger partial charge on any atom is 0.254 e. The second-order valence-corrected chi connectivity index (χ2v) is 4.90. The molecule has 0 spiro atoms. The molecule has 0 bridgehead atoms. The van der Waals surface area contributed by atoms with Crippen LogP contribution in [0.3, 0.4) is 0 Å². The first kappa shape index (κ1) is 13.6. The van der Waals surface area contributed by atoms with Gasteiger partial charge in [-0.25, -0.2) is 0 Å². The van der Waals surface area contributed by atoms with E-state index in [1.54, 1.807) is 23.1 Å². The molecule has 3 nitrogen and oxygen atoms in total. The molecule has 0 fully saturated rings. The van der Waals surface area contributed by atoms with Crippen molar-refractivity contribution >= 4 is 5.91 Å². The molecule has 1 aromatic carbocycles. The SMILES string of the molecule is Cc1cc(O)ccc1C(=O)N(C)C(C)C(C)C. The van der Waals surface area contributed by atoms with Gasteiger partial charge in [-0.3, -0.25) is 4.79 Å². The van der Waals surface area contributed by atoms with E-state index in [4.69, 9.17) is 0 Å². The molecule has 0 aliphatic heterocycles. The minimum Gasteiger partial charge on any atom is -0.508 e. The van der Waals surface area contributed by atoms with Crippen molar-refractivity contribution < 1.29 is 9.90 Å². The van der Waals surface area contributed by atoms with Crippen LogP contribution in [0.1, 0.15) is 36.7 Å². The molecule has 3 heteroatoms. The summed E-state index contributed by atoms with van der Waals surface area (Å²) in [5, 5.41) is 9.33. The molecule has 1 aromatic rings. The Morgan fingerprint density at radius 1 is 1.29 bits per heavy atom. The van der Waals surface area contributed by atoms with Gasteiger partial charge in [0.15, 0.2) is 0 Å². The number of carbonyl (C=O) groups excluding carboxylic acids is 1. The highest BCUT2D eigenvalue weighted by atomic mass is 16.3. The smallest absolute Gasteiger partial charge is 0.254 e. The van der Waals surface area contributed by atoms with Crippen molar-refractivity contribution in [2.45, 2.75) is 33.7 Å². The first-order valence-corrected chi connectivity index (χ1v) is 5.91. The van der Waals surface area contributed by atoms with Gasteiger partial charge in [-0.2, -0.15) is 0 Å². The quantitative estimate of drug-likeness (QED) is 0.875. The van der Waals surface area contributed by atoms with Crippen molar-refractivity contribution in [2.75, 3.05) is 7.05 Å². The topological polar surface area (TPSA) is 40.5 Å². The lowest BCUT2D eigenvalue weighted by atomic mass is 10.0. The number of hydrogen-bond donors (Lipinski definition) is 1. The lowest BCUT2D eigenvalue weighted by Gasteiger charge is -2.28. The molecule has 0 aliphatic rings. The number of phenols is 1. The summed E-state index contributed by atoms with van der Waals surface area (Å²) in [6.45, 7) is 8.06. The van der Waals surface area contributed by atoms with Gasteiger partial charge in [0.2, 0.25) is 0 Å². The van der Waals surface area contributed by atoms with Crippen LogP contribution in [0, 0.1) is 12.8 Å². The normalized spacial score (nSPS) is 12.6. The average Bonchev–Trinajstić information content (AvgIpc) is 2.26. The zero-order valence-corrected chi connectivity index (χ0v) is 11.2. The monoisotopic (exact) mass is 235 g/mol. The summed E-state index contributed by atoms with van der Waals surface area (Å²) >= 11 is 0. The Morgan fingerprint density at radius 2 is 1.88 bits per heavy atom. The molecule has 1 rings (SSSR count). The van der Waals surface area contributed by atoms with Gasteiger partial charge in [0.05, 0.1) is 0 Å². The van der Waals surface area contributed by atoms with E-state index in [0.29, 0.717) is 11.5 Å². The molecule has 1 amide bonds. The highest BCUT2D eigenvalue weighted by molar-refractivity contribution is 5.95. The Kier molecular flexibility index (Phi) is 4.16. The number of nitrogens with zero attached hydrogens (tertiary/aromatic N) is 1. The largest absolute Gasteiger partial charge is 0.508 e. The summed E-state index contributed by atoms with van der Waals surface area (Å²) in [6.07, 6.45) is 0. The highest BCUT2D eigenvalue weighted by Gasteiger charge is 2.21. The zero-order chi connectivity index (χ0) is 13.2. The van der Waals surface area contributed by atoms with Crippen LogP contribution in [0.25, 0.3) is 0 Å². The standard InChI is InChI=1S/C14H21NO2/c1-9(2)11(4)15(5)14(17)13-7-6-12(16)8-10(13)3/h6-9,11,16H,1-5H3. The minimum atomic E-state index is 0.00343. The molecule has 94 valence electrons. The van der Waals surface area contributed by atoms with E-state index in [0.717, 1.165) is 5.56 Å². The molecule has 1 unspecified atom stereocenters. The molecular formula is C14H21NO2. The number of hydrogen-bond acceptors (Lipinski definition) is 2. The zero-order valence-electron chi connectivity index (χ0n) is 11.2. The average molecular weight is 235 g/mol. The van der Waals surface area contributed by atoms with Gasteiger partial charge in [0.1, 0.15) is 5.75 Å². The number of rotatable bonds is 3. The van der Waals surface area contributed by atoms with Crippen LogP contribution < -0.4 is 0 Å². The van der Waals surface area contributed by atoms with Gasteiger partial charge in [-0.05, 0) is 43.5 Å². The summed E-state index contributed by atoms with van der Waals surface area (Å²) in [6, 6.07) is 5.03. The summed E-state index contributed by atoms with van der Waals surface area (Å²) < 4.78 is 0. The second kappa shape index (κ2) is 5.21. The lowest BCUT2D eigenvalue weighted by Crippen LogP contribution is -2.38. The maximum absolute atomic E-state index is 12.3. The van der Waals surface area contributed by atoms with E-state index in [1.807, 2.05) is 20.9 Å². The van der Waals surface area contributed by atoms with Gasteiger partial charge >= 0.3 is 0 Å². The van der Waals surface area contributed by atoms with Gasteiger partial charge in [0, 0.05) is 18.7 Å². The summed E-state index contributed by atoms with van der Waals surface area (Å²) in [5.74, 6) is 0.615. The Hall–Kier alpha value is -1.51. The Labute approximate surface area is 103 Å². The Bertz CT molecular complexity index is 413. The fourth-order valence-corrected chi connectivity index (χ4v) is 1.71. The van der Waals surface area contributed by atoms with Crippen LogP contribution in [0.2, 0.25) is 0 Å². The fraction of sp³-hybridized carbons (Fsp3) is 0.500. The number of amides is 1. The molecule has 1 N–H and O–H groups in total. The van der Waals surface area contributed by atoms with Gasteiger partial charge in [0.25, 0.3) is 5.91 Å². The molecule has 0 saturated carbocycles. The minimum absolute atomic E-state index is 0.00343. The first-order chi connectivity index (χ1) is 7.84. The molecule has 0 heterocycles. The third-order valence-corrected chi connectivity index (χ3v) is 3.34. The van der Waals surface area contributed by atoms with Crippen LogP contribution in [-0.2, 0) is 0 Å². The molecular weight excluding hydrogens is 214 g/mol. The number of carbonyl (C=O) groups is 1. The molecule has 1 atom stereocenters. The molecule has 17 heavy (non-hydrogen) atoms. The predicted octanol–water partition coefficient (Wildman–Crippen LogP) is 2.82. The van der Waals surface area contributed by atoms with E-state index < -0.39 is 0 Å². The maximum atomic E-state index is 12.3. The number of phenolic OH excluding ortho intramolecular Hbond substituents is 1. The predicted molar refractivity (Wildman–Crippen MR) is 69.2 cm³/mol. The second-order valence-electron chi connectivity index (χ2n) is 4.90. The van der Waals surface area contributed by atoms with Crippen LogP contribution in [-0.4, -0.2) is 29.0 Å². The van der Waals surface area contributed by atoms with Crippen molar-refractivity contribution in [3.8, 4) is 5.75 Å². The fourth-order valence-electron chi connectivity index (χ4n) is 1.71. The molecule has 0 radical (unpaired) electrons. The van der Waals surface area contributed by atoms with E-state index in [2.05, 4.69) is 13.8 Å². The summed E-state index contributed by atoms with van der Waals surface area (Å²) in [7, 11) is 1.82. The first-order valence-electron chi connectivity index (χ1n) is 5.91. The van der Waals surface area contributed by atoms with Gasteiger partial charge in [-0.1, -0.05) is 13.8 Å². The molecule has 0 aliphatic carbocycles. The third-order valence-electron chi connectivity index (χ3n) is 3.34. The van der Waals surface area contributed by atoms with Crippen molar-refractivity contribution in [1.82, 2.24) is 4.90 Å². The van der Waals surface area contributed by atoms with Crippen LogP contribution in [0.15, 0.2) is 18.2 Å². The van der Waals surface area contributed by atoms with E-state index in [1.165, 1.54) is 0 Å². The van der Waals surface area contributed by atoms with Crippen LogP contribution >= 0.6 is 0 Å². The van der Waals surface area contributed by atoms with E-state index >= 15 is 0 Å². The van der Waals surface area contributed by atoms with Crippen molar-refractivity contribution in [3.63, 3.8) is 0 Å². The van der Waals surface area contributed by atoms with Crippen molar-refractivity contribution in [2.24, 2.45) is 5.92 Å². The Balaban J connectivity index is 2.96. The highest BCUT2D eigenvalue weighted by Crippen LogP contribution is 2.19. The van der Waals surface area contributed by atoms with E-state index in [-0.39, 0.29) is 17.7 Å². The lowest BCUT2D eigenvalue weighted by molar-refractivity contribution is 0.0706. The van der Waals surface area contributed by atoms with Gasteiger partial charge in [-0.15, -0.1) is 0 Å². The Morgan fingerprint density at radius 3 is 2.35 bits per heavy atom. The number of benzene rings is 1. The summed E-state index contributed by atoms with van der Waals surface area (Å²) in [5.41, 5.74) is 1.45. The van der Waals surface area contributed by atoms with Gasteiger partial charge < -0.3 is 10.0 Å². The molecule has 0 saturated heterocycles. The number of aryl methyl sites for hydroxylation is 1. The van der Waals surface area contributed by atoms with Crippen LogP contribution in [0.4, 0.5) is 0 Å². The third kappa shape index (κ3) is 2.99. The van der Waals surface area contributed by atoms with Crippen LogP contribution in [0.5, 0.6) is 5.75 Å².